The van der Waals surface area contributed by atoms with Gasteiger partial charge in [0.25, 0.3) is 10.0 Å². The van der Waals surface area contributed by atoms with Crippen molar-refractivity contribution in [3.8, 4) is 0 Å². The van der Waals surface area contributed by atoms with Gasteiger partial charge >= 0.3 is 0 Å². The third-order valence-electron chi connectivity index (χ3n) is 3.64. The van der Waals surface area contributed by atoms with Gasteiger partial charge in [-0.15, -0.1) is 0 Å². The van der Waals surface area contributed by atoms with Crippen molar-refractivity contribution in [1.82, 2.24) is 10.2 Å². The van der Waals surface area contributed by atoms with Gasteiger partial charge in [0.2, 0.25) is 5.09 Å². The fraction of sp³-hybridized carbons (Fsp3) is 0.692. The Bertz CT molecular complexity index is 562. The molecule has 1 saturated heterocycles. The molecule has 3 N–H and O–H groups in total. The molecule has 1 aromatic heterocycles. The quantitative estimate of drug-likeness (QED) is 0.774. The zero-order valence-electron chi connectivity index (χ0n) is 12.5. The maximum atomic E-state index is 11.1. The first-order chi connectivity index (χ1) is 9.79. The number of nitrogens with one attached hydrogen (secondary N) is 1. The highest BCUT2D eigenvalue weighted by Gasteiger charge is 2.27. The summed E-state index contributed by atoms with van der Waals surface area (Å²) in [4.78, 5) is 2.38. The molecule has 21 heavy (non-hydrogen) atoms. The Morgan fingerprint density at radius 3 is 2.57 bits per heavy atom. The molecule has 0 bridgehead atoms. The lowest BCUT2D eigenvalue weighted by molar-refractivity contribution is -0.00978. The van der Waals surface area contributed by atoms with Crippen LogP contribution < -0.4 is 10.5 Å². The maximum absolute atomic E-state index is 11.1. The molecule has 1 aromatic rings. The average molecular weight is 317 g/mol. The molecule has 8 heteroatoms. The summed E-state index contributed by atoms with van der Waals surface area (Å²) in [7, 11) is -3.77. The molecule has 1 aliphatic rings. The van der Waals surface area contributed by atoms with E-state index in [1.807, 2.05) is 0 Å². The monoisotopic (exact) mass is 317 g/mol. The summed E-state index contributed by atoms with van der Waals surface area (Å²) in [6.45, 7) is 8.93. The van der Waals surface area contributed by atoms with Crippen molar-refractivity contribution >= 4 is 10.0 Å². The van der Waals surface area contributed by atoms with Crippen LogP contribution in [-0.4, -0.2) is 51.7 Å². The molecule has 0 unspecified atom stereocenters. The van der Waals surface area contributed by atoms with Crippen LogP contribution in [0.25, 0.3) is 0 Å². The number of rotatable bonds is 6. The van der Waals surface area contributed by atoms with Gasteiger partial charge in [0.05, 0.1) is 19.8 Å². The van der Waals surface area contributed by atoms with Crippen LogP contribution in [0.5, 0.6) is 0 Å². The molecule has 1 fully saturated rings. The molecule has 120 valence electrons. The summed E-state index contributed by atoms with van der Waals surface area (Å²) >= 11 is 0. The zero-order chi connectivity index (χ0) is 15.5. The molecule has 2 rings (SSSR count). The highest BCUT2D eigenvalue weighted by Crippen LogP contribution is 2.16. The lowest BCUT2D eigenvalue weighted by Gasteiger charge is -2.41. The minimum absolute atomic E-state index is 0.000847. The Kier molecular flexibility index (Phi) is 5.05. The number of ether oxygens (including phenoxy) is 1. The molecule has 0 spiro atoms. The maximum Gasteiger partial charge on any atom is 0.271 e. The summed E-state index contributed by atoms with van der Waals surface area (Å²) in [6, 6.07) is 2.99. The fourth-order valence-corrected chi connectivity index (χ4v) is 2.86. The van der Waals surface area contributed by atoms with Crippen molar-refractivity contribution in [3.05, 3.63) is 17.9 Å². The van der Waals surface area contributed by atoms with E-state index < -0.39 is 10.0 Å². The molecule has 1 aliphatic heterocycles. The predicted octanol–water partition coefficient (Wildman–Crippen LogP) is 0.127. The van der Waals surface area contributed by atoms with Crippen molar-refractivity contribution in [3.63, 3.8) is 0 Å². The van der Waals surface area contributed by atoms with E-state index in [4.69, 9.17) is 14.3 Å². The minimum Gasteiger partial charge on any atom is -0.447 e. The molecule has 0 aromatic carbocycles. The van der Waals surface area contributed by atoms with Crippen molar-refractivity contribution in [2.45, 2.75) is 31.0 Å². The Hall–Kier alpha value is -0.930. The minimum atomic E-state index is -3.77. The Balaban J connectivity index is 1.84. The topological polar surface area (TPSA) is 97.8 Å². The number of nitrogens with zero attached hydrogens (tertiary/aromatic N) is 1. The molecule has 0 aliphatic carbocycles. The largest absolute Gasteiger partial charge is 0.447 e. The molecule has 0 radical (unpaired) electrons. The first-order valence-electron chi connectivity index (χ1n) is 6.94. The van der Waals surface area contributed by atoms with Gasteiger partial charge in [0.15, 0.2) is 0 Å². The number of nitrogens with two attached hydrogens (primary N) is 1. The summed E-state index contributed by atoms with van der Waals surface area (Å²) in [5.41, 5.74) is -0.000847. The van der Waals surface area contributed by atoms with Gasteiger partial charge in [-0.2, -0.15) is 0 Å². The van der Waals surface area contributed by atoms with Crippen molar-refractivity contribution < 1.29 is 17.6 Å². The molecule has 0 amide bonds. The van der Waals surface area contributed by atoms with E-state index in [1.54, 1.807) is 6.07 Å². The molecule has 7 nitrogen and oxygen atoms in total. The highest BCUT2D eigenvalue weighted by molar-refractivity contribution is 7.89. The van der Waals surface area contributed by atoms with Crippen molar-refractivity contribution in [2.75, 3.05) is 32.8 Å². The zero-order valence-corrected chi connectivity index (χ0v) is 13.3. The SMILES string of the molecule is CC(C)(CNCc1ccc(S(N)(=O)=O)o1)N1CCOCC1. The summed E-state index contributed by atoms with van der Waals surface area (Å²) in [5.74, 6) is 0.553. The molecular weight excluding hydrogens is 294 g/mol. The van der Waals surface area contributed by atoms with Crippen molar-refractivity contribution in [1.29, 1.82) is 0 Å². The van der Waals surface area contributed by atoms with Crippen LogP contribution in [0, 0.1) is 0 Å². The van der Waals surface area contributed by atoms with Crippen LogP contribution >= 0.6 is 0 Å². The molecule has 2 heterocycles. The average Bonchev–Trinajstić information content (AvgIpc) is 2.88. The van der Waals surface area contributed by atoms with E-state index in [0.717, 1.165) is 32.8 Å². The van der Waals surface area contributed by atoms with Gasteiger partial charge in [-0.1, -0.05) is 0 Å². The number of primary sulfonamides is 1. The fourth-order valence-electron chi connectivity index (χ4n) is 2.38. The Labute approximate surface area is 125 Å². The van der Waals surface area contributed by atoms with Gasteiger partial charge in [-0.25, -0.2) is 13.6 Å². The number of hydrogen-bond acceptors (Lipinski definition) is 6. The lowest BCUT2D eigenvalue weighted by Crippen LogP contribution is -2.54. The summed E-state index contributed by atoms with van der Waals surface area (Å²) in [6.07, 6.45) is 0. The first-order valence-corrected chi connectivity index (χ1v) is 8.49. The van der Waals surface area contributed by atoms with Gasteiger partial charge in [-0.05, 0) is 26.0 Å². The van der Waals surface area contributed by atoms with Crippen molar-refractivity contribution in [2.24, 2.45) is 5.14 Å². The van der Waals surface area contributed by atoms with Gasteiger partial charge in [0, 0.05) is 25.2 Å². The molecular formula is C13H23N3O4S. The second-order valence-corrected chi connectivity index (χ2v) is 7.27. The number of sulfonamides is 1. The van der Waals surface area contributed by atoms with E-state index >= 15 is 0 Å². The van der Waals surface area contributed by atoms with Crippen LogP contribution in [-0.2, 0) is 21.3 Å². The Morgan fingerprint density at radius 1 is 1.33 bits per heavy atom. The van der Waals surface area contributed by atoms with Crippen LogP contribution in [0.1, 0.15) is 19.6 Å². The molecule has 0 saturated carbocycles. The van der Waals surface area contributed by atoms with Gasteiger partial charge in [0.1, 0.15) is 5.76 Å². The van der Waals surface area contributed by atoms with Crippen LogP contribution in [0.4, 0.5) is 0 Å². The predicted molar refractivity (Wildman–Crippen MR) is 78.3 cm³/mol. The molecule has 0 atom stereocenters. The van der Waals surface area contributed by atoms with E-state index in [1.165, 1.54) is 6.07 Å². The summed E-state index contributed by atoms with van der Waals surface area (Å²) in [5, 5.41) is 8.10. The second kappa shape index (κ2) is 6.45. The van der Waals surface area contributed by atoms with E-state index in [2.05, 4.69) is 24.1 Å². The third-order valence-corrected chi connectivity index (χ3v) is 4.42. The number of furan rings is 1. The first kappa shape index (κ1) is 16.4. The number of hydrogen-bond donors (Lipinski definition) is 2. The second-order valence-electron chi connectivity index (χ2n) is 5.78. The Morgan fingerprint density at radius 2 is 2.00 bits per heavy atom. The normalized spacial score (nSPS) is 18.0. The van der Waals surface area contributed by atoms with Crippen LogP contribution in [0.2, 0.25) is 0 Å². The van der Waals surface area contributed by atoms with Gasteiger partial charge < -0.3 is 14.5 Å². The lowest BCUT2D eigenvalue weighted by atomic mass is 10.0. The van der Waals surface area contributed by atoms with E-state index in [0.29, 0.717) is 12.3 Å². The third kappa shape index (κ3) is 4.52. The van der Waals surface area contributed by atoms with Crippen LogP contribution in [0.3, 0.4) is 0 Å². The smallest absolute Gasteiger partial charge is 0.271 e. The van der Waals surface area contributed by atoms with Crippen LogP contribution in [0.15, 0.2) is 21.6 Å². The van der Waals surface area contributed by atoms with E-state index in [-0.39, 0.29) is 10.6 Å². The summed E-state index contributed by atoms with van der Waals surface area (Å²) < 4.78 is 32.8. The van der Waals surface area contributed by atoms with Gasteiger partial charge in [-0.3, -0.25) is 4.90 Å². The highest BCUT2D eigenvalue weighted by atomic mass is 32.2. The number of morpholine rings is 1. The standard InChI is InChI=1S/C13H23N3O4S/c1-13(2,16-5-7-19-8-6-16)10-15-9-11-3-4-12(20-11)21(14,17)18/h3-4,15H,5-10H2,1-2H3,(H2,14,17,18). The van der Waals surface area contributed by atoms with E-state index in [9.17, 15) is 8.42 Å².